The van der Waals surface area contributed by atoms with Crippen LogP contribution in [0.4, 0.5) is 5.82 Å². The van der Waals surface area contributed by atoms with Crippen molar-refractivity contribution in [3.05, 3.63) is 30.5 Å². The van der Waals surface area contributed by atoms with Crippen molar-refractivity contribution >= 4 is 22.5 Å². The molecule has 0 saturated carbocycles. The third kappa shape index (κ3) is 2.99. The molecule has 1 heterocycles. The zero-order valence-corrected chi connectivity index (χ0v) is 12.0. The van der Waals surface area contributed by atoms with Crippen LogP contribution in [0.15, 0.2) is 30.5 Å². The van der Waals surface area contributed by atoms with E-state index in [9.17, 15) is 4.79 Å². The molecule has 1 amide bonds. The number of anilines is 1. The van der Waals surface area contributed by atoms with Gasteiger partial charge in [0.2, 0.25) is 5.91 Å². The Labute approximate surface area is 118 Å². The fourth-order valence-electron chi connectivity index (χ4n) is 1.89. The average molecular weight is 273 g/mol. The maximum absolute atomic E-state index is 11.8. The first-order valence-electron chi connectivity index (χ1n) is 6.56. The van der Waals surface area contributed by atoms with E-state index < -0.39 is 0 Å². The molecule has 1 aromatic heterocycles. The minimum Gasteiger partial charge on any atom is -0.497 e. The van der Waals surface area contributed by atoms with E-state index in [0.717, 1.165) is 16.5 Å². The van der Waals surface area contributed by atoms with E-state index in [0.29, 0.717) is 12.4 Å². The van der Waals surface area contributed by atoms with Gasteiger partial charge in [0, 0.05) is 25.2 Å². The number of fused-ring (bicyclic) bond motifs is 1. The molecule has 1 aromatic carbocycles. The van der Waals surface area contributed by atoms with Crippen LogP contribution in [0.1, 0.15) is 6.92 Å². The van der Waals surface area contributed by atoms with Gasteiger partial charge in [-0.2, -0.15) is 0 Å². The lowest BCUT2D eigenvalue weighted by Gasteiger charge is -2.15. The van der Waals surface area contributed by atoms with Gasteiger partial charge in [0.15, 0.2) is 0 Å². The predicted octanol–water partition coefficient (Wildman–Crippen LogP) is 2.13. The van der Waals surface area contributed by atoms with Gasteiger partial charge < -0.3 is 15.0 Å². The Bertz CT molecular complexity index is 613. The molecule has 0 atom stereocenters. The molecule has 0 fully saturated rings. The molecule has 2 aromatic rings. The number of ether oxygens (including phenoxy) is 1. The number of methoxy groups -OCH3 is 1. The number of carbonyl (C=O) groups excluding carboxylic acids is 1. The fourth-order valence-corrected chi connectivity index (χ4v) is 1.89. The second kappa shape index (κ2) is 6.23. The summed E-state index contributed by atoms with van der Waals surface area (Å²) in [7, 11) is 3.41. The minimum atomic E-state index is 0.0363. The second-order valence-corrected chi connectivity index (χ2v) is 4.51. The van der Waals surface area contributed by atoms with E-state index in [2.05, 4.69) is 10.3 Å². The van der Waals surface area contributed by atoms with Crippen molar-refractivity contribution in [2.75, 3.05) is 32.6 Å². The second-order valence-electron chi connectivity index (χ2n) is 4.51. The van der Waals surface area contributed by atoms with Crippen LogP contribution in [0, 0.1) is 0 Å². The zero-order valence-electron chi connectivity index (χ0n) is 12.0. The zero-order chi connectivity index (χ0) is 14.5. The molecule has 0 radical (unpaired) electrons. The van der Waals surface area contributed by atoms with Crippen LogP contribution in [-0.4, -0.2) is 43.0 Å². The van der Waals surface area contributed by atoms with Gasteiger partial charge in [0.1, 0.15) is 11.6 Å². The Morgan fingerprint density at radius 2 is 2.20 bits per heavy atom. The number of carbonyl (C=O) groups is 1. The van der Waals surface area contributed by atoms with Crippen LogP contribution >= 0.6 is 0 Å². The van der Waals surface area contributed by atoms with Crippen molar-refractivity contribution in [2.24, 2.45) is 0 Å². The summed E-state index contributed by atoms with van der Waals surface area (Å²) < 4.78 is 5.23. The molecule has 0 bridgehead atoms. The normalized spacial score (nSPS) is 10.3. The lowest BCUT2D eigenvalue weighted by molar-refractivity contribution is -0.127. The molecule has 2 rings (SSSR count). The van der Waals surface area contributed by atoms with Crippen LogP contribution in [0.25, 0.3) is 10.8 Å². The van der Waals surface area contributed by atoms with Crippen LogP contribution in [0.5, 0.6) is 5.75 Å². The first-order valence-corrected chi connectivity index (χ1v) is 6.56. The number of hydrogen-bond acceptors (Lipinski definition) is 4. The Balaban J connectivity index is 2.23. The predicted molar refractivity (Wildman–Crippen MR) is 80.1 cm³/mol. The number of rotatable bonds is 5. The van der Waals surface area contributed by atoms with Gasteiger partial charge in [-0.05, 0) is 30.5 Å². The molecule has 5 nitrogen and oxygen atoms in total. The van der Waals surface area contributed by atoms with Gasteiger partial charge >= 0.3 is 0 Å². The number of hydrogen-bond donors (Lipinski definition) is 1. The highest BCUT2D eigenvalue weighted by Crippen LogP contribution is 2.25. The van der Waals surface area contributed by atoms with E-state index in [1.54, 1.807) is 25.3 Å². The van der Waals surface area contributed by atoms with Crippen LogP contribution in [-0.2, 0) is 4.79 Å². The molecular weight excluding hydrogens is 254 g/mol. The summed E-state index contributed by atoms with van der Waals surface area (Å²) in [4.78, 5) is 17.8. The molecule has 0 unspecified atom stereocenters. The van der Waals surface area contributed by atoms with E-state index in [4.69, 9.17) is 4.74 Å². The van der Waals surface area contributed by atoms with Gasteiger partial charge in [-0.1, -0.05) is 6.07 Å². The van der Waals surface area contributed by atoms with Gasteiger partial charge in [0.25, 0.3) is 0 Å². The lowest BCUT2D eigenvalue weighted by Crippen LogP contribution is -2.32. The molecule has 20 heavy (non-hydrogen) atoms. The van der Waals surface area contributed by atoms with Crippen molar-refractivity contribution in [2.45, 2.75) is 6.92 Å². The third-order valence-electron chi connectivity index (χ3n) is 3.28. The van der Waals surface area contributed by atoms with Gasteiger partial charge in [0.05, 0.1) is 13.7 Å². The summed E-state index contributed by atoms with van der Waals surface area (Å²) in [6.45, 7) is 2.86. The Hall–Kier alpha value is -2.30. The Morgan fingerprint density at radius 3 is 2.90 bits per heavy atom. The van der Waals surface area contributed by atoms with E-state index in [1.165, 1.54) is 0 Å². The minimum absolute atomic E-state index is 0.0363. The molecule has 5 heteroatoms. The summed E-state index contributed by atoms with van der Waals surface area (Å²) in [6, 6.07) is 7.72. The van der Waals surface area contributed by atoms with Crippen LogP contribution in [0.2, 0.25) is 0 Å². The van der Waals surface area contributed by atoms with E-state index in [-0.39, 0.29) is 12.5 Å². The summed E-state index contributed by atoms with van der Waals surface area (Å²) in [6.07, 6.45) is 1.73. The Morgan fingerprint density at radius 1 is 1.40 bits per heavy atom. The van der Waals surface area contributed by atoms with Gasteiger partial charge in [-0.3, -0.25) is 4.79 Å². The summed E-state index contributed by atoms with van der Waals surface area (Å²) in [5.41, 5.74) is 0. The topological polar surface area (TPSA) is 54.5 Å². The first kappa shape index (κ1) is 14.1. The Kier molecular flexibility index (Phi) is 4.40. The summed E-state index contributed by atoms with van der Waals surface area (Å²) >= 11 is 0. The van der Waals surface area contributed by atoms with Crippen molar-refractivity contribution in [1.29, 1.82) is 0 Å². The molecule has 0 spiro atoms. The molecule has 106 valence electrons. The fraction of sp³-hybridized carbons (Fsp3) is 0.333. The monoisotopic (exact) mass is 273 g/mol. The largest absolute Gasteiger partial charge is 0.497 e. The van der Waals surface area contributed by atoms with Crippen molar-refractivity contribution in [1.82, 2.24) is 9.88 Å². The number of nitrogens with one attached hydrogen (secondary N) is 1. The summed E-state index contributed by atoms with van der Waals surface area (Å²) in [5.74, 6) is 1.50. The number of pyridine rings is 1. The van der Waals surface area contributed by atoms with E-state index in [1.807, 2.05) is 31.2 Å². The molecule has 1 N–H and O–H groups in total. The quantitative estimate of drug-likeness (QED) is 0.906. The highest BCUT2D eigenvalue weighted by Gasteiger charge is 2.08. The summed E-state index contributed by atoms with van der Waals surface area (Å²) in [5, 5.41) is 5.09. The average Bonchev–Trinajstić information content (AvgIpc) is 2.51. The first-order chi connectivity index (χ1) is 9.65. The molecule has 0 aliphatic rings. The molecule has 0 aliphatic heterocycles. The highest BCUT2D eigenvalue weighted by atomic mass is 16.5. The maximum Gasteiger partial charge on any atom is 0.241 e. The van der Waals surface area contributed by atoms with Crippen molar-refractivity contribution in [3.8, 4) is 5.75 Å². The van der Waals surface area contributed by atoms with Crippen molar-refractivity contribution in [3.63, 3.8) is 0 Å². The van der Waals surface area contributed by atoms with E-state index >= 15 is 0 Å². The number of aromatic nitrogens is 1. The third-order valence-corrected chi connectivity index (χ3v) is 3.28. The molecule has 0 saturated heterocycles. The number of benzene rings is 1. The van der Waals surface area contributed by atoms with Gasteiger partial charge in [-0.15, -0.1) is 0 Å². The van der Waals surface area contributed by atoms with Crippen molar-refractivity contribution < 1.29 is 9.53 Å². The molecule has 0 aliphatic carbocycles. The highest BCUT2D eigenvalue weighted by molar-refractivity contribution is 5.94. The lowest BCUT2D eigenvalue weighted by atomic mass is 10.1. The number of nitrogens with zero attached hydrogens (tertiary/aromatic N) is 2. The number of likely N-dealkylation sites (N-methyl/N-ethyl adjacent to an activating group) is 1. The van der Waals surface area contributed by atoms with Gasteiger partial charge in [-0.25, -0.2) is 4.98 Å². The number of amides is 1. The van der Waals surface area contributed by atoms with Crippen LogP contribution in [0.3, 0.4) is 0 Å². The van der Waals surface area contributed by atoms with Crippen LogP contribution < -0.4 is 10.1 Å². The smallest absolute Gasteiger partial charge is 0.241 e. The SMILES string of the molecule is CCN(C)C(=O)CNc1nccc2ccc(OC)cc12. The standard InChI is InChI=1S/C15H19N3O2/c1-4-18(2)14(19)10-17-15-13-9-12(20-3)6-5-11(13)7-8-16-15/h5-9H,4,10H2,1-3H3,(H,16,17). The maximum atomic E-state index is 11.8. The molecular formula is C15H19N3O2.